The van der Waals surface area contributed by atoms with Crippen LogP contribution in [0.15, 0.2) is 36.9 Å². The van der Waals surface area contributed by atoms with Gasteiger partial charge in [-0.05, 0) is 65.9 Å². The molecule has 0 N–H and O–H groups in total. The van der Waals surface area contributed by atoms with Crippen LogP contribution in [0, 0.1) is 5.92 Å². The Morgan fingerprint density at radius 2 is 1.71 bits per heavy atom. The van der Waals surface area contributed by atoms with Crippen LogP contribution in [0.2, 0.25) is 5.82 Å². The van der Waals surface area contributed by atoms with Gasteiger partial charge >= 0.3 is 0 Å². The molecule has 1 aromatic carbocycles. The van der Waals surface area contributed by atoms with E-state index in [-0.39, 0.29) is 0 Å². The van der Waals surface area contributed by atoms with E-state index < -0.39 is 0 Å². The van der Waals surface area contributed by atoms with Gasteiger partial charge in [0.15, 0.2) is 0 Å². The molecule has 2 aliphatic carbocycles. The van der Waals surface area contributed by atoms with Gasteiger partial charge in [-0.3, -0.25) is 0 Å². The smallest absolute Gasteiger partial charge is 0.234 e. The maximum Gasteiger partial charge on any atom is 0.234 e. The van der Waals surface area contributed by atoms with E-state index in [9.17, 15) is 0 Å². The number of benzene rings is 1. The maximum absolute atomic E-state index is 4.03. The van der Waals surface area contributed by atoms with Gasteiger partial charge < -0.3 is 4.81 Å². The monoisotopic (exact) mass is 421 g/mol. The van der Waals surface area contributed by atoms with Crippen LogP contribution >= 0.6 is 0 Å². The topological polar surface area (TPSA) is 3.24 Å². The Bertz CT molecular complexity index is 673. The van der Waals surface area contributed by atoms with E-state index in [4.69, 9.17) is 0 Å². The molecule has 1 fully saturated rings. The molecule has 0 saturated heterocycles. The summed E-state index contributed by atoms with van der Waals surface area (Å²) in [6.45, 7) is 16.7. The predicted octanol–water partition coefficient (Wildman–Crippen LogP) is 8.62. The second-order valence-electron chi connectivity index (χ2n) is 11.1. The van der Waals surface area contributed by atoms with Crippen molar-refractivity contribution in [3.63, 3.8) is 0 Å². The van der Waals surface area contributed by atoms with Crippen LogP contribution in [0.25, 0.3) is 0 Å². The molecular formula is C29H48BN. The number of allylic oxidation sites excluding steroid dienone is 1. The second kappa shape index (κ2) is 11.7. The average molecular weight is 422 g/mol. The number of hydrogen-bond donors (Lipinski definition) is 0. The van der Waals surface area contributed by atoms with Crippen molar-refractivity contribution in [1.29, 1.82) is 0 Å². The van der Waals surface area contributed by atoms with Gasteiger partial charge in [0, 0.05) is 0 Å². The van der Waals surface area contributed by atoms with Gasteiger partial charge in [-0.15, -0.1) is 6.58 Å². The van der Waals surface area contributed by atoms with Gasteiger partial charge in [0.1, 0.15) is 0 Å². The zero-order valence-electron chi connectivity index (χ0n) is 21.2. The van der Waals surface area contributed by atoms with Crippen molar-refractivity contribution in [3.05, 3.63) is 48.0 Å². The normalized spacial score (nSPS) is 25.5. The number of nitrogens with zero attached hydrogens (tertiary/aromatic N) is 1. The lowest BCUT2D eigenvalue weighted by atomic mass is 9.39. The van der Waals surface area contributed by atoms with E-state index >= 15 is 0 Å². The molecule has 0 radical (unpaired) electrons. The number of unbranched alkanes of at least 4 members (excludes halogenated alkanes) is 3. The SMILES string of the molecule is C=CCC1CCC(B(C2CC(CCCCCC)c3ccccc32)N(C(C)C)C(C)C)C1. The van der Waals surface area contributed by atoms with Gasteiger partial charge in [-0.25, -0.2) is 0 Å². The van der Waals surface area contributed by atoms with Crippen LogP contribution in [0.4, 0.5) is 0 Å². The third-order valence-electron chi connectivity index (χ3n) is 8.29. The molecule has 1 saturated carbocycles. The van der Waals surface area contributed by atoms with Crippen LogP contribution in [0.5, 0.6) is 0 Å². The summed E-state index contributed by atoms with van der Waals surface area (Å²) in [6.07, 6.45) is 15.8. The zero-order chi connectivity index (χ0) is 22.4. The van der Waals surface area contributed by atoms with Crippen molar-refractivity contribution >= 4 is 6.85 Å². The summed E-state index contributed by atoms with van der Waals surface area (Å²) in [5.74, 6) is 3.15. The molecule has 3 rings (SSSR count). The van der Waals surface area contributed by atoms with Crippen molar-refractivity contribution < 1.29 is 0 Å². The Morgan fingerprint density at radius 3 is 2.35 bits per heavy atom. The first kappa shape index (κ1) is 24.6. The minimum Gasteiger partial charge on any atom is -0.337 e. The Kier molecular flexibility index (Phi) is 9.32. The molecule has 4 atom stereocenters. The Balaban J connectivity index is 1.88. The van der Waals surface area contributed by atoms with Crippen molar-refractivity contribution in [2.24, 2.45) is 5.92 Å². The van der Waals surface area contributed by atoms with Crippen molar-refractivity contribution in [1.82, 2.24) is 4.81 Å². The molecular weight excluding hydrogens is 373 g/mol. The molecule has 4 unspecified atom stereocenters. The lowest BCUT2D eigenvalue weighted by Gasteiger charge is -2.43. The van der Waals surface area contributed by atoms with E-state index in [0.717, 1.165) is 17.7 Å². The van der Waals surface area contributed by atoms with Crippen LogP contribution < -0.4 is 0 Å². The van der Waals surface area contributed by atoms with Crippen LogP contribution in [0.3, 0.4) is 0 Å². The molecule has 2 aliphatic rings. The highest BCUT2D eigenvalue weighted by Crippen LogP contribution is 2.52. The summed E-state index contributed by atoms with van der Waals surface area (Å²) in [7, 11) is 0. The highest BCUT2D eigenvalue weighted by atomic mass is 15.1. The van der Waals surface area contributed by atoms with E-state index in [1.165, 1.54) is 64.2 Å². The fourth-order valence-electron chi connectivity index (χ4n) is 7.13. The molecule has 1 aromatic rings. The summed E-state index contributed by atoms with van der Waals surface area (Å²) in [6, 6.07) is 10.7. The van der Waals surface area contributed by atoms with Crippen LogP contribution in [-0.4, -0.2) is 23.7 Å². The highest BCUT2D eigenvalue weighted by molar-refractivity contribution is 6.59. The predicted molar refractivity (Wildman–Crippen MR) is 139 cm³/mol. The standard InChI is InChI=1S/C29H48BN/c1-7-9-10-11-15-25-21-29(28-17-13-12-16-27(25)28)30(31(22(3)4)23(5)6)26-19-18-24(20-26)14-8-2/h8,12-13,16-17,22-26,29H,2,7,9-11,14-15,18-21H2,1,3-6H3. The number of rotatable bonds is 12. The second-order valence-corrected chi connectivity index (χ2v) is 11.1. The molecule has 172 valence electrons. The quantitative estimate of drug-likeness (QED) is 0.185. The van der Waals surface area contributed by atoms with Gasteiger partial charge in [0.25, 0.3) is 0 Å². The van der Waals surface area contributed by atoms with E-state index in [2.05, 4.69) is 76.4 Å². The molecule has 0 spiro atoms. The highest BCUT2D eigenvalue weighted by Gasteiger charge is 2.47. The lowest BCUT2D eigenvalue weighted by molar-refractivity contribution is 0.289. The maximum atomic E-state index is 4.03. The molecule has 31 heavy (non-hydrogen) atoms. The summed E-state index contributed by atoms with van der Waals surface area (Å²) in [5, 5.41) is 0. The molecule has 0 bridgehead atoms. The van der Waals surface area contributed by atoms with Gasteiger partial charge in [-0.1, -0.05) is 110 Å². The molecule has 0 amide bonds. The van der Waals surface area contributed by atoms with Crippen LogP contribution in [-0.2, 0) is 0 Å². The number of fused-ring (bicyclic) bond motifs is 1. The van der Waals surface area contributed by atoms with E-state index in [1.54, 1.807) is 11.1 Å². The molecule has 0 aromatic heterocycles. The largest absolute Gasteiger partial charge is 0.337 e. The summed E-state index contributed by atoms with van der Waals surface area (Å²) in [5.41, 5.74) is 3.37. The molecule has 0 heterocycles. The first-order valence-electron chi connectivity index (χ1n) is 13.4. The van der Waals surface area contributed by atoms with E-state index in [0.29, 0.717) is 24.7 Å². The third-order valence-corrected chi connectivity index (χ3v) is 8.29. The van der Waals surface area contributed by atoms with Crippen molar-refractivity contribution in [2.75, 3.05) is 0 Å². The minimum atomic E-state index is 0.597. The molecule has 0 aliphatic heterocycles. The summed E-state index contributed by atoms with van der Waals surface area (Å²) < 4.78 is 0. The fraction of sp³-hybridized carbons (Fsp3) is 0.724. The fourth-order valence-corrected chi connectivity index (χ4v) is 7.13. The average Bonchev–Trinajstić information content (AvgIpc) is 3.34. The van der Waals surface area contributed by atoms with Crippen molar-refractivity contribution in [2.45, 2.75) is 128 Å². The molecule has 2 heteroatoms. The van der Waals surface area contributed by atoms with Crippen molar-refractivity contribution in [3.8, 4) is 0 Å². The Hall–Kier alpha value is -1.02. The number of hydrogen-bond acceptors (Lipinski definition) is 1. The minimum absolute atomic E-state index is 0.597. The van der Waals surface area contributed by atoms with E-state index in [1.807, 2.05) is 0 Å². The van der Waals surface area contributed by atoms with Gasteiger partial charge in [-0.2, -0.15) is 0 Å². The summed E-state index contributed by atoms with van der Waals surface area (Å²) in [4.78, 5) is 2.89. The first-order chi connectivity index (χ1) is 15.0. The van der Waals surface area contributed by atoms with Gasteiger partial charge in [0.05, 0.1) is 0 Å². The Labute approximate surface area is 194 Å². The molecule has 1 nitrogen and oxygen atoms in total. The first-order valence-corrected chi connectivity index (χ1v) is 13.4. The summed E-state index contributed by atoms with van der Waals surface area (Å²) >= 11 is 0. The third kappa shape index (κ3) is 5.87. The Morgan fingerprint density at radius 1 is 1.00 bits per heavy atom. The van der Waals surface area contributed by atoms with Gasteiger partial charge in [0.2, 0.25) is 6.85 Å². The lowest BCUT2D eigenvalue weighted by Crippen LogP contribution is -2.53. The zero-order valence-corrected chi connectivity index (χ0v) is 21.2. The van der Waals surface area contributed by atoms with Crippen LogP contribution in [0.1, 0.15) is 122 Å².